The van der Waals surface area contributed by atoms with Crippen LogP contribution in [0.5, 0.6) is 0 Å². The Morgan fingerprint density at radius 1 is 1.35 bits per heavy atom. The molecule has 0 saturated heterocycles. The minimum atomic E-state index is -0.437. The lowest BCUT2D eigenvalue weighted by Gasteiger charge is -2.29. The van der Waals surface area contributed by atoms with Gasteiger partial charge in [0.2, 0.25) is 0 Å². The molecule has 0 spiro atoms. The summed E-state index contributed by atoms with van der Waals surface area (Å²) in [7, 11) is 0. The normalized spacial score (nSPS) is 22.2. The number of anilines is 1. The van der Waals surface area contributed by atoms with Crippen LogP contribution in [0.4, 0.5) is 11.4 Å². The molecule has 1 fully saturated rings. The maximum Gasteiger partial charge on any atom is 0.293 e. The Balaban J connectivity index is 2.09. The molecule has 5 heteroatoms. The van der Waals surface area contributed by atoms with Crippen molar-refractivity contribution >= 4 is 17.7 Å². The Hall–Kier alpha value is -1.91. The zero-order chi connectivity index (χ0) is 14.5. The van der Waals surface area contributed by atoms with Gasteiger partial charge in [0.15, 0.2) is 0 Å². The molecule has 0 aromatic heterocycles. The molecule has 1 aromatic carbocycles. The van der Waals surface area contributed by atoms with Gasteiger partial charge in [-0.2, -0.15) is 0 Å². The molecule has 0 unspecified atom stereocenters. The number of nitro benzene ring substituents is 1. The van der Waals surface area contributed by atoms with Gasteiger partial charge in [-0.3, -0.25) is 14.9 Å². The fourth-order valence-electron chi connectivity index (χ4n) is 2.83. The van der Waals surface area contributed by atoms with E-state index in [9.17, 15) is 14.9 Å². The minimum absolute atomic E-state index is 0.0211. The molecule has 1 saturated carbocycles. The molecular formula is C15H20N2O3. The molecule has 1 aromatic rings. The lowest BCUT2D eigenvalue weighted by molar-refractivity contribution is -0.384. The number of aldehydes is 1. The number of carbonyl (C=O) groups is 1. The fraction of sp³-hybridized carbons (Fsp3) is 0.533. The van der Waals surface area contributed by atoms with E-state index in [1.54, 1.807) is 12.1 Å². The number of hydrogen-bond donors (Lipinski definition) is 1. The Morgan fingerprint density at radius 2 is 2.05 bits per heavy atom. The van der Waals surface area contributed by atoms with Crippen LogP contribution in [0.15, 0.2) is 18.2 Å². The summed E-state index contributed by atoms with van der Waals surface area (Å²) in [6, 6.07) is 4.86. The first kappa shape index (κ1) is 14.5. The second kappa shape index (κ2) is 6.50. The van der Waals surface area contributed by atoms with Gasteiger partial charge in [-0.05, 0) is 43.7 Å². The highest BCUT2D eigenvalue weighted by molar-refractivity contribution is 5.79. The van der Waals surface area contributed by atoms with E-state index in [0.717, 1.165) is 18.8 Å². The Bertz CT molecular complexity index is 494. The average molecular weight is 276 g/mol. The lowest BCUT2D eigenvalue weighted by atomic mass is 9.84. The molecule has 108 valence electrons. The van der Waals surface area contributed by atoms with Crippen LogP contribution in [0.25, 0.3) is 0 Å². The predicted molar refractivity (Wildman–Crippen MR) is 78.1 cm³/mol. The van der Waals surface area contributed by atoms with E-state index in [-0.39, 0.29) is 5.69 Å². The second-order valence-electron chi connectivity index (χ2n) is 5.42. The molecule has 0 amide bonds. The number of rotatable bonds is 5. The van der Waals surface area contributed by atoms with E-state index in [0.29, 0.717) is 23.6 Å². The largest absolute Gasteiger partial charge is 0.377 e. The summed E-state index contributed by atoms with van der Waals surface area (Å²) in [5, 5.41) is 14.3. The van der Waals surface area contributed by atoms with Crippen LogP contribution in [-0.4, -0.2) is 17.3 Å². The highest BCUT2D eigenvalue weighted by atomic mass is 16.6. The van der Waals surface area contributed by atoms with Crippen molar-refractivity contribution in [1.82, 2.24) is 0 Å². The van der Waals surface area contributed by atoms with Gasteiger partial charge in [0.25, 0.3) is 5.69 Å². The van der Waals surface area contributed by atoms with Gasteiger partial charge in [-0.25, -0.2) is 0 Å². The number of nitrogens with one attached hydrogen (secondary N) is 1. The number of nitrogens with zero attached hydrogens (tertiary/aromatic N) is 1. The van der Waals surface area contributed by atoms with E-state index >= 15 is 0 Å². The molecule has 5 nitrogen and oxygen atoms in total. The van der Waals surface area contributed by atoms with Gasteiger partial charge in [0, 0.05) is 17.7 Å². The molecule has 20 heavy (non-hydrogen) atoms. The van der Waals surface area contributed by atoms with Crippen molar-refractivity contribution in [2.24, 2.45) is 5.92 Å². The monoisotopic (exact) mass is 276 g/mol. The molecule has 0 bridgehead atoms. The van der Waals surface area contributed by atoms with Crippen LogP contribution in [0.1, 0.15) is 49.4 Å². The molecular weight excluding hydrogens is 256 g/mol. The molecule has 0 radical (unpaired) electrons. The van der Waals surface area contributed by atoms with Crippen LogP contribution >= 0.6 is 0 Å². The zero-order valence-corrected chi connectivity index (χ0v) is 11.7. The average Bonchev–Trinajstić information content (AvgIpc) is 2.48. The van der Waals surface area contributed by atoms with Crippen molar-refractivity contribution in [1.29, 1.82) is 0 Å². The summed E-state index contributed by atoms with van der Waals surface area (Å²) in [5.41, 5.74) is 0.824. The first-order valence-corrected chi connectivity index (χ1v) is 7.14. The Morgan fingerprint density at radius 3 is 2.60 bits per heavy atom. The number of hydrogen-bond acceptors (Lipinski definition) is 4. The summed E-state index contributed by atoms with van der Waals surface area (Å²) in [4.78, 5) is 21.4. The summed E-state index contributed by atoms with van der Waals surface area (Å²) in [6.45, 7) is 2.21. The SMILES string of the molecule is CCC1CCC(Nc2ccc(C=O)cc2[N+](=O)[O-])CC1. The van der Waals surface area contributed by atoms with Crippen molar-refractivity contribution < 1.29 is 9.72 Å². The summed E-state index contributed by atoms with van der Waals surface area (Å²) in [6.07, 6.45) is 6.28. The fourth-order valence-corrected chi connectivity index (χ4v) is 2.83. The Labute approximate surface area is 118 Å². The van der Waals surface area contributed by atoms with E-state index in [2.05, 4.69) is 12.2 Å². The van der Waals surface area contributed by atoms with E-state index in [1.807, 2.05) is 0 Å². The van der Waals surface area contributed by atoms with E-state index < -0.39 is 4.92 Å². The highest BCUT2D eigenvalue weighted by Crippen LogP contribution is 2.31. The van der Waals surface area contributed by atoms with Crippen LogP contribution in [-0.2, 0) is 0 Å². The molecule has 0 atom stereocenters. The van der Waals surface area contributed by atoms with Crippen molar-refractivity contribution in [3.05, 3.63) is 33.9 Å². The van der Waals surface area contributed by atoms with Gasteiger partial charge in [0.05, 0.1) is 4.92 Å². The zero-order valence-electron chi connectivity index (χ0n) is 11.7. The molecule has 1 aliphatic rings. The van der Waals surface area contributed by atoms with Gasteiger partial charge in [-0.1, -0.05) is 13.3 Å². The number of carbonyl (C=O) groups excluding carboxylic acids is 1. The topological polar surface area (TPSA) is 72.2 Å². The lowest BCUT2D eigenvalue weighted by Crippen LogP contribution is -2.26. The van der Waals surface area contributed by atoms with Gasteiger partial charge in [0.1, 0.15) is 12.0 Å². The molecule has 1 aliphatic carbocycles. The van der Waals surface area contributed by atoms with Gasteiger partial charge in [-0.15, -0.1) is 0 Å². The van der Waals surface area contributed by atoms with Crippen molar-refractivity contribution in [2.45, 2.75) is 45.1 Å². The summed E-state index contributed by atoms with van der Waals surface area (Å²) >= 11 is 0. The van der Waals surface area contributed by atoms with Crippen molar-refractivity contribution in [2.75, 3.05) is 5.32 Å². The Kier molecular flexibility index (Phi) is 4.71. The maximum absolute atomic E-state index is 11.1. The summed E-state index contributed by atoms with van der Waals surface area (Å²) in [5.74, 6) is 0.792. The number of benzene rings is 1. The molecule has 0 heterocycles. The first-order chi connectivity index (χ1) is 9.63. The minimum Gasteiger partial charge on any atom is -0.377 e. The van der Waals surface area contributed by atoms with Crippen LogP contribution in [0.2, 0.25) is 0 Å². The van der Waals surface area contributed by atoms with Gasteiger partial charge >= 0.3 is 0 Å². The first-order valence-electron chi connectivity index (χ1n) is 7.14. The third-order valence-electron chi connectivity index (χ3n) is 4.14. The molecule has 1 N–H and O–H groups in total. The predicted octanol–water partition coefficient (Wildman–Crippen LogP) is 3.79. The van der Waals surface area contributed by atoms with Crippen molar-refractivity contribution in [3.63, 3.8) is 0 Å². The maximum atomic E-state index is 11.1. The van der Waals surface area contributed by atoms with Crippen LogP contribution in [0, 0.1) is 16.0 Å². The van der Waals surface area contributed by atoms with Crippen LogP contribution < -0.4 is 5.32 Å². The highest BCUT2D eigenvalue weighted by Gasteiger charge is 2.22. The van der Waals surface area contributed by atoms with E-state index in [1.165, 1.54) is 25.3 Å². The standard InChI is InChI=1S/C15H20N2O3/c1-2-11-3-6-13(7-4-11)16-14-8-5-12(10-18)9-15(14)17(19)20/h5,8-11,13,16H,2-4,6-7H2,1H3. The van der Waals surface area contributed by atoms with E-state index in [4.69, 9.17) is 0 Å². The summed E-state index contributed by atoms with van der Waals surface area (Å²) < 4.78 is 0. The number of nitro groups is 1. The van der Waals surface area contributed by atoms with Crippen LogP contribution in [0.3, 0.4) is 0 Å². The smallest absolute Gasteiger partial charge is 0.293 e. The van der Waals surface area contributed by atoms with Gasteiger partial charge < -0.3 is 5.32 Å². The second-order valence-corrected chi connectivity index (χ2v) is 5.42. The quantitative estimate of drug-likeness (QED) is 0.504. The van der Waals surface area contributed by atoms with Crippen molar-refractivity contribution in [3.8, 4) is 0 Å². The third kappa shape index (κ3) is 3.35. The molecule has 2 rings (SSSR count). The molecule has 0 aliphatic heterocycles. The third-order valence-corrected chi connectivity index (χ3v) is 4.14.